The third-order valence-corrected chi connectivity index (χ3v) is 3.65. The summed E-state index contributed by atoms with van der Waals surface area (Å²) in [5, 5.41) is 12.1. The first-order chi connectivity index (χ1) is 7.79. The average molecular weight is 232 g/mol. The molecule has 0 spiro atoms. The molecule has 0 saturated heterocycles. The number of aryl methyl sites for hydroxylation is 1. The fourth-order valence-corrected chi connectivity index (χ4v) is 2.46. The van der Waals surface area contributed by atoms with Crippen molar-refractivity contribution in [2.45, 2.75) is 25.9 Å². The second-order valence-corrected chi connectivity index (χ2v) is 4.93. The maximum Gasteiger partial charge on any atom is 0.0838 e. The van der Waals surface area contributed by atoms with Gasteiger partial charge in [-0.05, 0) is 29.0 Å². The fourth-order valence-electron chi connectivity index (χ4n) is 1.71. The van der Waals surface area contributed by atoms with Crippen LogP contribution < -0.4 is 0 Å². The first kappa shape index (κ1) is 11.4. The Hall–Kier alpha value is -1.12. The summed E-state index contributed by atoms with van der Waals surface area (Å²) in [7, 11) is 0. The molecule has 2 heteroatoms. The average Bonchev–Trinajstić information content (AvgIpc) is 2.82. The molecule has 1 N–H and O–H groups in total. The third kappa shape index (κ3) is 2.71. The Morgan fingerprint density at radius 2 is 1.94 bits per heavy atom. The largest absolute Gasteiger partial charge is 0.388 e. The number of rotatable bonds is 4. The Labute approximate surface area is 100 Å². The molecule has 0 amide bonds. The van der Waals surface area contributed by atoms with E-state index in [-0.39, 0.29) is 6.10 Å². The van der Waals surface area contributed by atoms with Gasteiger partial charge in [0.1, 0.15) is 0 Å². The number of hydrogen-bond donors (Lipinski definition) is 1. The Morgan fingerprint density at radius 3 is 2.50 bits per heavy atom. The number of aliphatic hydroxyl groups excluding tert-OH is 1. The lowest BCUT2D eigenvalue weighted by Crippen LogP contribution is -2.00. The highest BCUT2D eigenvalue weighted by Crippen LogP contribution is 2.21. The van der Waals surface area contributed by atoms with E-state index in [0.29, 0.717) is 6.42 Å². The monoisotopic (exact) mass is 232 g/mol. The van der Waals surface area contributed by atoms with Crippen LogP contribution in [0.1, 0.15) is 29.0 Å². The molecule has 84 valence electrons. The van der Waals surface area contributed by atoms with Crippen LogP contribution in [0.5, 0.6) is 0 Å². The highest BCUT2D eigenvalue weighted by molar-refractivity contribution is 7.09. The van der Waals surface area contributed by atoms with Crippen LogP contribution in [-0.2, 0) is 12.8 Å². The van der Waals surface area contributed by atoms with E-state index in [0.717, 1.165) is 12.0 Å². The van der Waals surface area contributed by atoms with Crippen LogP contribution in [0.3, 0.4) is 0 Å². The molecule has 0 fully saturated rings. The van der Waals surface area contributed by atoms with Crippen molar-refractivity contribution in [3.05, 3.63) is 57.8 Å². The van der Waals surface area contributed by atoms with Gasteiger partial charge in [-0.25, -0.2) is 0 Å². The Kier molecular flexibility index (Phi) is 3.75. The van der Waals surface area contributed by atoms with Gasteiger partial charge in [0.05, 0.1) is 6.10 Å². The van der Waals surface area contributed by atoms with Crippen molar-refractivity contribution in [3.63, 3.8) is 0 Å². The van der Waals surface area contributed by atoms with E-state index in [1.54, 1.807) is 11.3 Å². The summed E-state index contributed by atoms with van der Waals surface area (Å²) in [4.78, 5) is 1.23. The van der Waals surface area contributed by atoms with Gasteiger partial charge >= 0.3 is 0 Å². The van der Waals surface area contributed by atoms with Gasteiger partial charge in [-0.3, -0.25) is 0 Å². The van der Waals surface area contributed by atoms with E-state index < -0.39 is 0 Å². The Morgan fingerprint density at radius 1 is 1.19 bits per heavy atom. The first-order valence-corrected chi connectivity index (χ1v) is 6.47. The second-order valence-electron chi connectivity index (χ2n) is 3.89. The van der Waals surface area contributed by atoms with Gasteiger partial charge in [0, 0.05) is 11.3 Å². The standard InChI is InChI=1S/C14H16OS/c1-2-11-5-7-12(8-6-11)14(15)10-13-4-3-9-16-13/h3-9,14-15H,2,10H2,1H3. The van der Waals surface area contributed by atoms with Gasteiger partial charge in [-0.2, -0.15) is 0 Å². The maximum atomic E-state index is 10.1. The minimum absolute atomic E-state index is 0.385. The third-order valence-electron chi connectivity index (χ3n) is 2.75. The predicted molar refractivity (Wildman–Crippen MR) is 68.8 cm³/mol. The van der Waals surface area contributed by atoms with Crippen molar-refractivity contribution < 1.29 is 5.11 Å². The van der Waals surface area contributed by atoms with Gasteiger partial charge in [-0.15, -0.1) is 11.3 Å². The maximum absolute atomic E-state index is 10.1. The second kappa shape index (κ2) is 5.28. The van der Waals surface area contributed by atoms with Crippen molar-refractivity contribution in [1.29, 1.82) is 0 Å². The van der Waals surface area contributed by atoms with Gasteiger partial charge in [0.25, 0.3) is 0 Å². The molecule has 1 unspecified atom stereocenters. The molecule has 0 bridgehead atoms. The van der Waals surface area contributed by atoms with Crippen molar-refractivity contribution in [2.75, 3.05) is 0 Å². The van der Waals surface area contributed by atoms with E-state index in [1.807, 2.05) is 23.6 Å². The van der Waals surface area contributed by atoms with Crippen molar-refractivity contribution in [1.82, 2.24) is 0 Å². The molecule has 1 heterocycles. The van der Waals surface area contributed by atoms with Crippen LogP contribution in [0.15, 0.2) is 41.8 Å². The van der Waals surface area contributed by atoms with E-state index in [9.17, 15) is 5.11 Å². The zero-order valence-electron chi connectivity index (χ0n) is 9.39. The highest BCUT2D eigenvalue weighted by atomic mass is 32.1. The Balaban J connectivity index is 2.05. The van der Waals surface area contributed by atoms with Crippen LogP contribution >= 0.6 is 11.3 Å². The smallest absolute Gasteiger partial charge is 0.0838 e. The molecule has 1 aromatic carbocycles. The molecule has 0 saturated carbocycles. The van der Waals surface area contributed by atoms with Crippen LogP contribution in [0.4, 0.5) is 0 Å². The summed E-state index contributed by atoms with van der Waals surface area (Å²) in [6.45, 7) is 2.14. The normalized spacial score (nSPS) is 12.6. The van der Waals surface area contributed by atoms with Crippen LogP contribution in [0.25, 0.3) is 0 Å². The van der Waals surface area contributed by atoms with Gasteiger partial charge in [-0.1, -0.05) is 37.3 Å². The summed E-state index contributed by atoms with van der Waals surface area (Å²) in [5.74, 6) is 0. The molecular weight excluding hydrogens is 216 g/mol. The van der Waals surface area contributed by atoms with Crippen molar-refractivity contribution >= 4 is 11.3 Å². The molecule has 1 aromatic heterocycles. The lowest BCUT2D eigenvalue weighted by atomic mass is 10.0. The summed E-state index contributed by atoms with van der Waals surface area (Å²) in [6, 6.07) is 12.3. The molecule has 1 atom stereocenters. The van der Waals surface area contributed by atoms with Crippen LogP contribution in [-0.4, -0.2) is 5.11 Å². The number of benzene rings is 1. The molecule has 16 heavy (non-hydrogen) atoms. The van der Waals surface area contributed by atoms with Crippen LogP contribution in [0, 0.1) is 0 Å². The van der Waals surface area contributed by atoms with E-state index in [2.05, 4.69) is 25.1 Å². The minimum Gasteiger partial charge on any atom is -0.388 e. The molecular formula is C14H16OS. The molecule has 0 aliphatic carbocycles. The molecule has 0 radical (unpaired) electrons. The van der Waals surface area contributed by atoms with E-state index >= 15 is 0 Å². The summed E-state index contributed by atoms with van der Waals surface area (Å²) in [6.07, 6.45) is 1.37. The molecule has 1 nitrogen and oxygen atoms in total. The number of thiophene rings is 1. The molecule has 2 aromatic rings. The summed E-state index contributed by atoms with van der Waals surface area (Å²) < 4.78 is 0. The number of aliphatic hydroxyl groups is 1. The SMILES string of the molecule is CCc1ccc(C(O)Cc2cccs2)cc1. The predicted octanol–water partition coefficient (Wildman–Crippen LogP) is 3.59. The topological polar surface area (TPSA) is 20.2 Å². The first-order valence-electron chi connectivity index (χ1n) is 5.59. The lowest BCUT2D eigenvalue weighted by molar-refractivity contribution is 0.179. The quantitative estimate of drug-likeness (QED) is 0.854. The highest BCUT2D eigenvalue weighted by Gasteiger charge is 2.08. The van der Waals surface area contributed by atoms with Crippen LogP contribution in [0.2, 0.25) is 0 Å². The minimum atomic E-state index is -0.385. The summed E-state index contributed by atoms with van der Waals surface area (Å²) in [5.41, 5.74) is 2.32. The zero-order chi connectivity index (χ0) is 11.4. The molecule has 0 aliphatic rings. The fraction of sp³-hybridized carbons (Fsp3) is 0.286. The number of hydrogen-bond acceptors (Lipinski definition) is 2. The lowest BCUT2D eigenvalue weighted by Gasteiger charge is -2.10. The van der Waals surface area contributed by atoms with Gasteiger partial charge in [0.2, 0.25) is 0 Å². The van der Waals surface area contributed by atoms with E-state index in [1.165, 1.54) is 10.4 Å². The molecule has 0 aliphatic heterocycles. The van der Waals surface area contributed by atoms with Gasteiger partial charge in [0.15, 0.2) is 0 Å². The van der Waals surface area contributed by atoms with Crippen molar-refractivity contribution in [2.24, 2.45) is 0 Å². The molecule has 2 rings (SSSR count). The summed E-state index contributed by atoms with van der Waals surface area (Å²) >= 11 is 1.69. The van der Waals surface area contributed by atoms with Crippen molar-refractivity contribution in [3.8, 4) is 0 Å². The van der Waals surface area contributed by atoms with Gasteiger partial charge < -0.3 is 5.11 Å². The Bertz CT molecular complexity index is 417. The zero-order valence-corrected chi connectivity index (χ0v) is 10.2. The van der Waals surface area contributed by atoms with E-state index in [4.69, 9.17) is 0 Å².